The van der Waals surface area contributed by atoms with E-state index in [4.69, 9.17) is 5.73 Å². The van der Waals surface area contributed by atoms with Gasteiger partial charge in [-0.05, 0) is 42.0 Å². The number of hydrogen-bond donors (Lipinski definition) is 4. The van der Waals surface area contributed by atoms with E-state index in [1.165, 1.54) is 42.9 Å². The number of nitrogens with zero attached hydrogens (tertiary/aromatic N) is 3. The maximum atomic E-state index is 14.2. The van der Waals surface area contributed by atoms with Gasteiger partial charge in [0.25, 0.3) is 0 Å². The molecule has 0 atom stereocenters. The maximum Gasteiger partial charge on any atom is 0.416 e. The molecule has 0 saturated heterocycles. The lowest BCUT2D eigenvalue weighted by atomic mass is 10.1. The van der Waals surface area contributed by atoms with E-state index in [0.717, 1.165) is 24.3 Å². The predicted molar refractivity (Wildman–Crippen MR) is 131 cm³/mol. The smallest absolute Gasteiger partial charge is 0.403 e. The number of hydrogen-bond acceptors (Lipinski definition) is 7. The van der Waals surface area contributed by atoms with Gasteiger partial charge in [-0.2, -0.15) is 18.2 Å². The van der Waals surface area contributed by atoms with E-state index in [2.05, 4.69) is 37.5 Å². The second kappa shape index (κ2) is 11.1. The summed E-state index contributed by atoms with van der Waals surface area (Å²) in [5.41, 5.74) is 6.12. The molecule has 2 aromatic carbocycles. The van der Waals surface area contributed by atoms with Gasteiger partial charge < -0.3 is 21.7 Å². The molecule has 0 saturated carbocycles. The molecule has 0 unspecified atom stereocenters. The Kier molecular flexibility index (Phi) is 8.00. The highest BCUT2D eigenvalue weighted by molar-refractivity contribution is 5.99. The fourth-order valence-corrected chi connectivity index (χ4v) is 2.99. The van der Waals surface area contributed by atoms with Crippen molar-refractivity contribution >= 4 is 35.3 Å². The Labute approximate surface area is 203 Å². The van der Waals surface area contributed by atoms with Crippen LogP contribution in [0.1, 0.15) is 5.56 Å². The molecule has 36 heavy (non-hydrogen) atoms. The molecule has 0 aliphatic carbocycles. The number of anilines is 4. The normalized spacial score (nSPS) is 11.9. The summed E-state index contributed by atoms with van der Waals surface area (Å²) >= 11 is 0. The zero-order chi connectivity index (χ0) is 26.3. The molecular formula is C24H21F4N7O. The van der Waals surface area contributed by atoms with Crippen molar-refractivity contribution in [2.75, 3.05) is 23.0 Å². The highest BCUT2D eigenvalue weighted by atomic mass is 19.4. The van der Waals surface area contributed by atoms with Crippen LogP contribution in [-0.4, -0.2) is 29.1 Å². The molecule has 0 spiro atoms. The molecule has 12 heteroatoms. The minimum absolute atomic E-state index is 0.104. The summed E-state index contributed by atoms with van der Waals surface area (Å²) in [5, 5.41) is 8.21. The number of benzene rings is 2. The van der Waals surface area contributed by atoms with Crippen LogP contribution >= 0.6 is 0 Å². The zero-order valence-electron chi connectivity index (χ0n) is 18.9. The number of carbonyl (C=O) groups is 1. The lowest BCUT2D eigenvalue weighted by molar-refractivity contribution is -0.137. The Bertz CT molecular complexity index is 1320. The minimum Gasteiger partial charge on any atom is -0.403 e. The first kappa shape index (κ1) is 25.9. The van der Waals surface area contributed by atoms with E-state index in [0.29, 0.717) is 22.5 Å². The Hall–Kier alpha value is -4.74. The van der Waals surface area contributed by atoms with E-state index in [-0.39, 0.29) is 17.5 Å². The van der Waals surface area contributed by atoms with Crippen molar-refractivity contribution < 1.29 is 22.4 Å². The maximum absolute atomic E-state index is 14.2. The summed E-state index contributed by atoms with van der Waals surface area (Å²) in [6, 6.07) is 8.33. The summed E-state index contributed by atoms with van der Waals surface area (Å²) in [7, 11) is 1.55. The average molecular weight is 499 g/mol. The molecule has 3 aromatic rings. The summed E-state index contributed by atoms with van der Waals surface area (Å²) < 4.78 is 53.2. The van der Waals surface area contributed by atoms with Crippen molar-refractivity contribution in [2.45, 2.75) is 6.18 Å². The molecule has 5 N–H and O–H groups in total. The van der Waals surface area contributed by atoms with Gasteiger partial charge in [0.15, 0.2) is 0 Å². The fourth-order valence-electron chi connectivity index (χ4n) is 2.99. The third-order valence-corrected chi connectivity index (χ3v) is 4.69. The number of halogens is 4. The SMILES string of the molecule is C=CC(=O)Nc1cc(Nc2nc(N/C(C=NC)=C/N)ncc2-c2ccc(C(F)(F)F)cc2)ccc1F. The second-order valence-corrected chi connectivity index (χ2v) is 7.18. The Morgan fingerprint density at radius 1 is 1.14 bits per heavy atom. The van der Waals surface area contributed by atoms with Gasteiger partial charge in [-0.1, -0.05) is 18.7 Å². The predicted octanol–water partition coefficient (Wildman–Crippen LogP) is 5.08. The summed E-state index contributed by atoms with van der Waals surface area (Å²) in [5.74, 6) is -0.999. The van der Waals surface area contributed by atoms with Gasteiger partial charge in [0.2, 0.25) is 11.9 Å². The number of amides is 1. The lowest BCUT2D eigenvalue weighted by Crippen LogP contribution is -2.10. The third-order valence-electron chi connectivity index (χ3n) is 4.69. The molecule has 1 heterocycles. The molecule has 0 radical (unpaired) electrons. The van der Waals surface area contributed by atoms with Crippen LogP contribution in [0.5, 0.6) is 0 Å². The third kappa shape index (κ3) is 6.44. The van der Waals surface area contributed by atoms with E-state index in [1.807, 2.05) is 0 Å². The Morgan fingerprint density at radius 2 is 1.86 bits per heavy atom. The van der Waals surface area contributed by atoms with Crippen molar-refractivity contribution in [3.05, 3.63) is 84.6 Å². The lowest BCUT2D eigenvalue weighted by Gasteiger charge is -2.15. The van der Waals surface area contributed by atoms with E-state index in [9.17, 15) is 22.4 Å². The first-order valence-corrected chi connectivity index (χ1v) is 10.3. The number of aromatic nitrogens is 2. The van der Waals surface area contributed by atoms with Crippen LogP contribution in [0.4, 0.5) is 40.7 Å². The van der Waals surface area contributed by atoms with Gasteiger partial charge in [0.05, 0.1) is 16.9 Å². The molecule has 1 amide bonds. The van der Waals surface area contributed by atoms with E-state index >= 15 is 0 Å². The molecular weight excluding hydrogens is 478 g/mol. The van der Waals surface area contributed by atoms with Crippen LogP contribution in [0.3, 0.4) is 0 Å². The van der Waals surface area contributed by atoms with E-state index in [1.54, 1.807) is 7.05 Å². The van der Waals surface area contributed by atoms with Crippen LogP contribution in [0, 0.1) is 5.82 Å². The number of allylic oxidation sites excluding steroid dienone is 1. The summed E-state index contributed by atoms with van der Waals surface area (Å²) in [6.07, 6.45) is 0.598. The molecule has 0 bridgehead atoms. The number of nitrogens with two attached hydrogens (primary N) is 1. The van der Waals surface area contributed by atoms with Crippen molar-refractivity contribution in [2.24, 2.45) is 10.7 Å². The zero-order valence-corrected chi connectivity index (χ0v) is 18.9. The van der Waals surface area contributed by atoms with Gasteiger partial charge in [-0.15, -0.1) is 0 Å². The van der Waals surface area contributed by atoms with Gasteiger partial charge in [-0.25, -0.2) is 9.37 Å². The van der Waals surface area contributed by atoms with Gasteiger partial charge in [0, 0.05) is 36.9 Å². The standard InChI is InChI=1S/C24H21F4N7O/c1-3-21(36)34-20-10-16(8-9-19(20)25)32-22-18(14-4-6-15(7-5-14)24(26,27)28)13-31-23(35-22)33-17(11-29)12-30-2/h3-13H,1,29H2,2H3,(H,34,36)(H2,31,32,33,35)/b17-11+,30-12?. The molecule has 186 valence electrons. The molecule has 1 aromatic heterocycles. The van der Waals surface area contributed by atoms with Gasteiger partial charge >= 0.3 is 6.18 Å². The quantitative estimate of drug-likeness (QED) is 0.195. The monoisotopic (exact) mass is 499 g/mol. The van der Waals surface area contributed by atoms with E-state index < -0.39 is 23.5 Å². The van der Waals surface area contributed by atoms with Crippen LogP contribution in [0.15, 0.2) is 78.2 Å². The fraction of sp³-hybridized carbons (Fsp3) is 0.0833. The van der Waals surface area contributed by atoms with Crippen LogP contribution in [0.25, 0.3) is 11.1 Å². The van der Waals surface area contributed by atoms with Crippen LogP contribution in [-0.2, 0) is 11.0 Å². The molecule has 0 fully saturated rings. The molecule has 8 nitrogen and oxygen atoms in total. The molecule has 0 aliphatic heterocycles. The van der Waals surface area contributed by atoms with Crippen molar-refractivity contribution in [1.82, 2.24) is 9.97 Å². The van der Waals surface area contributed by atoms with Gasteiger partial charge in [-0.3, -0.25) is 9.79 Å². The summed E-state index contributed by atoms with van der Waals surface area (Å²) in [4.78, 5) is 24.1. The highest BCUT2D eigenvalue weighted by Crippen LogP contribution is 2.34. The van der Waals surface area contributed by atoms with Crippen molar-refractivity contribution in [1.29, 1.82) is 0 Å². The van der Waals surface area contributed by atoms with Gasteiger partial charge in [0.1, 0.15) is 11.6 Å². The van der Waals surface area contributed by atoms with Crippen LogP contribution < -0.4 is 21.7 Å². The first-order chi connectivity index (χ1) is 17.1. The molecule has 0 aliphatic rings. The number of rotatable bonds is 8. The second-order valence-electron chi connectivity index (χ2n) is 7.18. The topological polar surface area (TPSA) is 117 Å². The summed E-state index contributed by atoms with van der Waals surface area (Å²) in [6.45, 7) is 3.33. The number of nitrogens with one attached hydrogen (secondary N) is 3. The largest absolute Gasteiger partial charge is 0.416 e. The molecule has 3 rings (SSSR count). The first-order valence-electron chi connectivity index (χ1n) is 10.3. The average Bonchev–Trinajstić information content (AvgIpc) is 2.85. The number of carbonyl (C=O) groups excluding carboxylic acids is 1. The van der Waals surface area contributed by atoms with Crippen molar-refractivity contribution in [3.63, 3.8) is 0 Å². The Balaban J connectivity index is 2.04. The number of aliphatic imine (C=N–C) groups is 1. The minimum atomic E-state index is -4.49. The Morgan fingerprint density at radius 3 is 2.47 bits per heavy atom. The highest BCUT2D eigenvalue weighted by Gasteiger charge is 2.30. The number of alkyl halides is 3. The van der Waals surface area contributed by atoms with Crippen LogP contribution in [0.2, 0.25) is 0 Å². The van der Waals surface area contributed by atoms with Crippen molar-refractivity contribution in [3.8, 4) is 11.1 Å².